The van der Waals surface area contributed by atoms with E-state index >= 15 is 0 Å². The van der Waals surface area contributed by atoms with Gasteiger partial charge in [-0.25, -0.2) is 0 Å². The molecule has 1 heteroatoms. The summed E-state index contributed by atoms with van der Waals surface area (Å²) in [6.45, 7) is 3.85. The van der Waals surface area contributed by atoms with E-state index in [9.17, 15) is 4.39 Å². The van der Waals surface area contributed by atoms with Crippen LogP contribution in [0.4, 0.5) is 4.39 Å². The summed E-state index contributed by atoms with van der Waals surface area (Å²) < 4.78 is 11.6. The average Bonchev–Trinajstić information content (AvgIpc) is 1.68. The van der Waals surface area contributed by atoms with Gasteiger partial charge in [-0.15, -0.1) is 0 Å². The lowest BCUT2D eigenvalue weighted by atomic mass is 10.1. The predicted molar refractivity (Wildman–Crippen MR) is 30.0 cm³/mol. The Hall–Kier alpha value is -0.0700. The molecule has 0 aliphatic carbocycles. The second-order valence-electron chi connectivity index (χ2n) is 2.05. The van der Waals surface area contributed by atoms with Crippen molar-refractivity contribution in [1.29, 1.82) is 0 Å². The molecule has 0 aromatic carbocycles. The molecule has 0 N–H and O–H groups in total. The van der Waals surface area contributed by atoms with Crippen molar-refractivity contribution in [2.75, 3.05) is 6.67 Å². The Bertz CT molecular complexity index is 35.2. The highest BCUT2D eigenvalue weighted by Crippen LogP contribution is 2.03. The zero-order chi connectivity index (χ0) is 5.70. The summed E-state index contributed by atoms with van der Waals surface area (Å²) in [6.07, 6.45) is 2.13. The Kier molecular flexibility index (Phi) is 4.06. The molecule has 7 heavy (non-hydrogen) atoms. The van der Waals surface area contributed by atoms with E-state index in [1.165, 1.54) is 0 Å². The van der Waals surface area contributed by atoms with E-state index < -0.39 is 0 Å². The van der Waals surface area contributed by atoms with E-state index in [2.05, 4.69) is 6.92 Å². The molecule has 0 radical (unpaired) electrons. The van der Waals surface area contributed by atoms with Gasteiger partial charge in [0.1, 0.15) is 0 Å². The van der Waals surface area contributed by atoms with Crippen molar-refractivity contribution in [2.24, 2.45) is 5.92 Å². The van der Waals surface area contributed by atoms with Crippen LogP contribution in [-0.2, 0) is 0 Å². The molecule has 0 amide bonds. The molecule has 1 atom stereocenters. The maximum atomic E-state index is 11.6. The van der Waals surface area contributed by atoms with Gasteiger partial charge in [0.05, 0.1) is 6.67 Å². The normalized spacial score (nSPS) is 14.1. The second kappa shape index (κ2) is 4.10. The maximum Gasteiger partial charge on any atom is 0.0919 e. The highest BCUT2D eigenvalue weighted by Gasteiger charge is 1.95. The van der Waals surface area contributed by atoms with Crippen molar-refractivity contribution in [3.63, 3.8) is 0 Å². The molecular formula is C6H13F. The van der Waals surface area contributed by atoms with Gasteiger partial charge in [-0.05, 0) is 12.3 Å². The van der Waals surface area contributed by atoms with E-state index in [0.29, 0.717) is 0 Å². The molecule has 0 nitrogen and oxygen atoms in total. The first-order valence-corrected chi connectivity index (χ1v) is 2.87. The fourth-order valence-corrected chi connectivity index (χ4v) is 0.570. The van der Waals surface area contributed by atoms with Crippen LogP contribution in [0.2, 0.25) is 0 Å². The molecule has 0 heterocycles. The number of rotatable bonds is 3. The number of alkyl halides is 1. The van der Waals surface area contributed by atoms with E-state index in [1.807, 2.05) is 6.92 Å². The molecule has 0 aliphatic rings. The van der Waals surface area contributed by atoms with E-state index in [-0.39, 0.29) is 12.6 Å². The Morgan fingerprint density at radius 3 is 2.29 bits per heavy atom. The minimum absolute atomic E-state index is 0.159. The third-order valence-corrected chi connectivity index (χ3v) is 1.04. The van der Waals surface area contributed by atoms with Crippen molar-refractivity contribution in [2.45, 2.75) is 26.7 Å². The molecule has 0 rings (SSSR count). The van der Waals surface area contributed by atoms with Crippen LogP contribution >= 0.6 is 0 Å². The van der Waals surface area contributed by atoms with Crippen LogP contribution in [0.25, 0.3) is 0 Å². The largest absolute Gasteiger partial charge is 0.251 e. The van der Waals surface area contributed by atoms with Crippen molar-refractivity contribution < 1.29 is 4.39 Å². The number of halogens is 1. The van der Waals surface area contributed by atoms with Gasteiger partial charge in [0.2, 0.25) is 0 Å². The van der Waals surface area contributed by atoms with Crippen LogP contribution in [0.3, 0.4) is 0 Å². The highest BCUT2D eigenvalue weighted by atomic mass is 19.1. The van der Waals surface area contributed by atoms with Crippen molar-refractivity contribution in [3.05, 3.63) is 0 Å². The van der Waals surface area contributed by atoms with E-state index in [4.69, 9.17) is 0 Å². The summed E-state index contributed by atoms with van der Waals surface area (Å²) >= 11 is 0. The minimum atomic E-state index is -0.159. The van der Waals surface area contributed by atoms with Crippen LogP contribution in [0.15, 0.2) is 0 Å². The molecule has 0 unspecified atom stereocenters. The zero-order valence-electron chi connectivity index (χ0n) is 5.08. The molecule has 0 bridgehead atoms. The first kappa shape index (κ1) is 6.93. The quantitative estimate of drug-likeness (QED) is 0.515. The lowest BCUT2D eigenvalue weighted by Gasteiger charge is -1.99. The standard InChI is InChI=1S/C6H13F/c1-3-4-6(2)5-7/h6H,3-5H2,1-2H3/t6-/m0/s1. The molecular weight excluding hydrogens is 91.1 g/mol. The van der Waals surface area contributed by atoms with E-state index in [0.717, 1.165) is 12.8 Å². The van der Waals surface area contributed by atoms with Gasteiger partial charge < -0.3 is 0 Å². The minimum Gasteiger partial charge on any atom is -0.251 e. The Morgan fingerprint density at radius 1 is 1.57 bits per heavy atom. The molecule has 0 aromatic heterocycles. The maximum absolute atomic E-state index is 11.6. The van der Waals surface area contributed by atoms with Gasteiger partial charge >= 0.3 is 0 Å². The summed E-state index contributed by atoms with van der Waals surface area (Å²) in [7, 11) is 0. The fraction of sp³-hybridized carbons (Fsp3) is 1.00. The van der Waals surface area contributed by atoms with Crippen molar-refractivity contribution in [3.8, 4) is 0 Å². The molecule has 0 saturated carbocycles. The topological polar surface area (TPSA) is 0 Å². The molecule has 0 aliphatic heterocycles. The second-order valence-corrected chi connectivity index (χ2v) is 2.05. The molecule has 0 fully saturated rings. The molecule has 0 aromatic rings. The molecule has 0 saturated heterocycles. The number of hydrogen-bond donors (Lipinski definition) is 0. The van der Waals surface area contributed by atoms with Gasteiger partial charge in [0, 0.05) is 0 Å². The first-order chi connectivity index (χ1) is 3.31. The lowest BCUT2D eigenvalue weighted by Crippen LogP contribution is -1.93. The summed E-state index contributed by atoms with van der Waals surface area (Å²) in [6, 6.07) is 0. The summed E-state index contributed by atoms with van der Waals surface area (Å²) in [5.41, 5.74) is 0. The molecule has 44 valence electrons. The summed E-state index contributed by atoms with van der Waals surface area (Å²) in [5, 5.41) is 0. The average molecular weight is 104 g/mol. The third kappa shape index (κ3) is 3.77. The Morgan fingerprint density at radius 2 is 2.14 bits per heavy atom. The molecule has 0 spiro atoms. The van der Waals surface area contributed by atoms with Crippen LogP contribution in [-0.4, -0.2) is 6.67 Å². The summed E-state index contributed by atoms with van der Waals surface area (Å²) in [4.78, 5) is 0. The van der Waals surface area contributed by atoms with Crippen LogP contribution in [0, 0.1) is 5.92 Å². The van der Waals surface area contributed by atoms with E-state index in [1.54, 1.807) is 0 Å². The van der Waals surface area contributed by atoms with Crippen LogP contribution in [0.1, 0.15) is 26.7 Å². The zero-order valence-corrected chi connectivity index (χ0v) is 5.08. The highest BCUT2D eigenvalue weighted by molar-refractivity contribution is 4.46. The van der Waals surface area contributed by atoms with Gasteiger partial charge in [-0.1, -0.05) is 20.3 Å². The first-order valence-electron chi connectivity index (χ1n) is 2.87. The van der Waals surface area contributed by atoms with Crippen molar-refractivity contribution in [1.82, 2.24) is 0 Å². The summed E-state index contributed by atoms with van der Waals surface area (Å²) in [5.74, 6) is 0.282. The van der Waals surface area contributed by atoms with Gasteiger partial charge in [0.15, 0.2) is 0 Å². The Balaban J connectivity index is 2.83. The lowest BCUT2D eigenvalue weighted by molar-refractivity contribution is 0.364. The number of hydrogen-bond acceptors (Lipinski definition) is 0. The third-order valence-electron chi connectivity index (χ3n) is 1.04. The predicted octanol–water partition coefficient (Wildman–Crippen LogP) is 2.39. The monoisotopic (exact) mass is 104 g/mol. The van der Waals surface area contributed by atoms with Gasteiger partial charge in [0.25, 0.3) is 0 Å². The van der Waals surface area contributed by atoms with Crippen molar-refractivity contribution >= 4 is 0 Å². The van der Waals surface area contributed by atoms with Gasteiger partial charge in [-0.2, -0.15) is 0 Å². The SMILES string of the molecule is CCC[C@H](C)CF. The fourth-order valence-electron chi connectivity index (χ4n) is 0.570. The Labute approximate surface area is 44.7 Å². The van der Waals surface area contributed by atoms with Gasteiger partial charge in [-0.3, -0.25) is 4.39 Å². The van der Waals surface area contributed by atoms with Crippen LogP contribution < -0.4 is 0 Å². The smallest absolute Gasteiger partial charge is 0.0919 e. The van der Waals surface area contributed by atoms with Crippen LogP contribution in [0.5, 0.6) is 0 Å².